The number of hydrogen-bond donors (Lipinski definition) is 1. The van der Waals surface area contributed by atoms with Gasteiger partial charge in [0.25, 0.3) is 0 Å². The maximum absolute atomic E-state index is 13.3. The molecule has 0 fully saturated rings. The number of rotatable bonds is 12. The Labute approximate surface area is 206 Å². The number of carbonyl (C=O) groups excluding carboxylic acids is 2. The van der Waals surface area contributed by atoms with Crippen LogP contribution in [0.4, 0.5) is 0 Å². The molecule has 0 aliphatic heterocycles. The van der Waals surface area contributed by atoms with Crippen molar-refractivity contribution in [3.05, 3.63) is 69.2 Å². The number of carbonyl (C=O) groups is 2. The van der Waals surface area contributed by atoms with Crippen LogP contribution in [0, 0.1) is 6.92 Å². The average Bonchev–Trinajstić information content (AvgIpc) is 2.75. The lowest BCUT2D eigenvalue weighted by Gasteiger charge is -2.30. The lowest BCUT2D eigenvalue weighted by molar-refractivity contribution is -0.139. The summed E-state index contributed by atoms with van der Waals surface area (Å²) in [5.41, 5.74) is 2.96. The Morgan fingerprint density at radius 2 is 1.78 bits per heavy atom. The molecule has 174 valence electrons. The zero-order chi connectivity index (χ0) is 23.5. The van der Waals surface area contributed by atoms with E-state index < -0.39 is 6.04 Å². The maximum atomic E-state index is 13.3. The van der Waals surface area contributed by atoms with E-state index in [1.165, 1.54) is 11.8 Å². The third kappa shape index (κ3) is 8.02. The van der Waals surface area contributed by atoms with Crippen molar-refractivity contribution in [2.45, 2.75) is 58.4 Å². The minimum absolute atomic E-state index is 0.0721. The van der Waals surface area contributed by atoms with Crippen LogP contribution in [0.2, 0.25) is 10.0 Å². The summed E-state index contributed by atoms with van der Waals surface area (Å²) in [6.45, 7) is 7.07. The van der Waals surface area contributed by atoms with E-state index in [0.29, 0.717) is 35.3 Å². The van der Waals surface area contributed by atoms with Crippen molar-refractivity contribution >= 4 is 46.8 Å². The molecular weight excluding hydrogens is 463 g/mol. The van der Waals surface area contributed by atoms with Gasteiger partial charge in [0.05, 0.1) is 5.75 Å². The van der Waals surface area contributed by atoms with E-state index in [1.54, 1.807) is 23.1 Å². The fourth-order valence-electron chi connectivity index (χ4n) is 3.43. The van der Waals surface area contributed by atoms with Gasteiger partial charge in [-0.25, -0.2) is 0 Å². The van der Waals surface area contributed by atoms with E-state index in [4.69, 9.17) is 23.2 Å². The number of nitrogens with zero attached hydrogens (tertiary/aromatic N) is 1. The molecular formula is C25H32Cl2N2O2S. The van der Waals surface area contributed by atoms with E-state index in [9.17, 15) is 9.59 Å². The minimum atomic E-state index is -0.510. The first kappa shape index (κ1) is 26.6. The van der Waals surface area contributed by atoms with E-state index in [1.807, 2.05) is 32.0 Å². The Morgan fingerprint density at radius 3 is 2.41 bits per heavy atom. The summed E-state index contributed by atoms with van der Waals surface area (Å²) in [4.78, 5) is 27.9. The molecule has 0 spiro atoms. The van der Waals surface area contributed by atoms with Crippen molar-refractivity contribution in [3.63, 3.8) is 0 Å². The Kier molecular flexibility index (Phi) is 11.4. The number of thioether (sulfide) groups is 1. The lowest BCUT2D eigenvalue weighted by atomic mass is 10.1. The second kappa shape index (κ2) is 13.8. The molecule has 32 heavy (non-hydrogen) atoms. The highest BCUT2D eigenvalue weighted by atomic mass is 35.5. The Morgan fingerprint density at radius 1 is 1.09 bits per heavy atom. The minimum Gasteiger partial charge on any atom is -0.354 e. The van der Waals surface area contributed by atoms with Crippen LogP contribution in [0.3, 0.4) is 0 Å². The van der Waals surface area contributed by atoms with Crippen LogP contribution in [-0.4, -0.2) is 35.1 Å². The Balaban J connectivity index is 2.14. The first-order valence-electron chi connectivity index (χ1n) is 11.0. The summed E-state index contributed by atoms with van der Waals surface area (Å²) < 4.78 is 0. The molecule has 2 rings (SSSR count). The molecule has 0 heterocycles. The zero-order valence-corrected chi connectivity index (χ0v) is 21.3. The highest BCUT2D eigenvalue weighted by Gasteiger charge is 2.28. The van der Waals surface area contributed by atoms with Crippen LogP contribution in [0.5, 0.6) is 0 Å². The number of hydrogen-bond acceptors (Lipinski definition) is 3. The van der Waals surface area contributed by atoms with Crippen molar-refractivity contribution in [1.29, 1.82) is 0 Å². The number of halogens is 2. The summed E-state index contributed by atoms with van der Waals surface area (Å²) >= 11 is 14.0. The summed E-state index contributed by atoms with van der Waals surface area (Å²) in [5.74, 6) is 0.604. The van der Waals surface area contributed by atoms with E-state index in [0.717, 1.165) is 29.5 Å². The number of aryl methyl sites for hydroxylation is 1. The Hall–Kier alpha value is -1.69. The van der Waals surface area contributed by atoms with E-state index in [2.05, 4.69) is 18.3 Å². The Bertz CT molecular complexity index is 887. The van der Waals surface area contributed by atoms with Crippen LogP contribution in [-0.2, 0) is 21.9 Å². The summed E-state index contributed by atoms with van der Waals surface area (Å²) in [6.07, 6.45) is 2.48. The predicted molar refractivity (Wildman–Crippen MR) is 136 cm³/mol. The number of amides is 2. The molecule has 0 aliphatic rings. The second-order valence-corrected chi connectivity index (χ2v) is 9.57. The molecule has 0 saturated heterocycles. The molecule has 7 heteroatoms. The van der Waals surface area contributed by atoms with Crippen molar-refractivity contribution in [2.24, 2.45) is 0 Å². The molecule has 4 nitrogen and oxygen atoms in total. The van der Waals surface area contributed by atoms with Crippen molar-refractivity contribution < 1.29 is 9.59 Å². The van der Waals surface area contributed by atoms with Gasteiger partial charge < -0.3 is 10.2 Å². The molecule has 1 atom stereocenters. The standard InChI is InChI=1S/C25H32Cl2N2O2S/c1-4-6-13-28-25(31)23(5-2)29(15-19-10-7-9-18(3)14-19)24(30)17-32-16-20-21(26)11-8-12-22(20)27/h7-12,14,23H,4-6,13,15-17H2,1-3H3,(H,28,31)/t23-/m1/s1. The number of unbranched alkanes of at least 4 members (excludes halogenated alkanes) is 1. The highest BCUT2D eigenvalue weighted by Crippen LogP contribution is 2.28. The monoisotopic (exact) mass is 494 g/mol. The van der Waals surface area contributed by atoms with Crippen molar-refractivity contribution in [3.8, 4) is 0 Å². The molecule has 0 saturated carbocycles. The summed E-state index contributed by atoms with van der Waals surface area (Å²) in [7, 11) is 0. The third-order valence-corrected chi connectivity index (χ3v) is 6.84. The van der Waals surface area contributed by atoms with Crippen molar-refractivity contribution in [1.82, 2.24) is 10.2 Å². The fraction of sp³-hybridized carbons (Fsp3) is 0.440. The average molecular weight is 496 g/mol. The van der Waals surface area contributed by atoms with Gasteiger partial charge in [0, 0.05) is 28.9 Å². The van der Waals surface area contributed by atoms with Crippen LogP contribution in [0.25, 0.3) is 0 Å². The SMILES string of the molecule is CCCCNC(=O)[C@@H](CC)N(Cc1cccc(C)c1)C(=O)CSCc1c(Cl)cccc1Cl. The van der Waals surface area contributed by atoms with Gasteiger partial charge in [0.15, 0.2) is 0 Å². The van der Waals surface area contributed by atoms with Crippen LogP contribution >= 0.6 is 35.0 Å². The summed E-state index contributed by atoms with van der Waals surface area (Å²) in [6, 6.07) is 12.9. The zero-order valence-electron chi connectivity index (χ0n) is 19.0. The van der Waals surface area contributed by atoms with Gasteiger partial charge in [0.2, 0.25) is 11.8 Å². The quantitative estimate of drug-likeness (QED) is 0.354. The maximum Gasteiger partial charge on any atom is 0.242 e. The normalized spacial score (nSPS) is 11.8. The van der Waals surface area contributed by atoms with Crippen LogP contribution in [0.15, 0.2) is 42.5 Å². The topological polar surface area (TPSA) is 49.4 Å². The summed E-state index contributed by atoms with van der Waals surface area (Å²) in [5, 5.41) is 4.18. The molecule has 1 N–H and O–H groups in total. The molecule has 2 aromatic rings. The second-order valence-electron chi connectivity index (χ2n) is 7.77. The number of benzene rings is 2. The van der Waals surface area contributed by atoms with Gasteiger partial charge in [-0.1, -0.05) is 79.4 Å². The van der Waals surface area contributed by atoms with Gasteiger partial charge in [0.1, 0.15) is 6.04 Å². The molecule has 0 aliphatic carbocycles. The van der Waals surface area contributed by atoms with Gasteiger partial charge in [-0.05, 0) is 43.0 Å². The molecule has 0 unspecified atom stereocenters. The van der Waals surface area contributed by atoms with Gasteiger partial charge in [-0.2, -0.15) is 0 Å². The fourth-order valence-corrected chi connectivity index (χ4v) is 5.07. The molecule has 2 amide bonds. The first-order chi connectivity index (χ1) is 15.4. The van der Waals surface area contributed by atoms with Crippen molar-refractivity contribution in [2.75, 3.05) is 12.3 Å². The lowest BCUT2D eigenvalue weighted by Crippen LogP contribution is -2.49. The van der Waals surface area contributed by atoms with E-state index in [-0.39, 0.29) is 17.6 Å². The molecule has 0 radical (unpaired) electrons. The van der Waals surface area contributed by atoms with Crippen LogP contribution < -0.4 is 5.32 Å². The highest BCUT2D eigenvalue weighted by molar-refractivity contribution is 7.99. The predicted octanol–water partition coefficient (Wildman–Crippen LogP) is 6.26. The largest absolute Gasteiger partial charge is 0.354 e. The van der Waals surface area contributed by atoms with Crippen LogP contribution in [0.1, 0.15) is 49.8 Å². The van der Waals surface area contributed by atoms with Gasteiger partial charge in [-0.15, -0.1) is 11.8 Å². The van der Waals surface area contributed by atoms with E-state index >= 15 is 0 Å². The smallest absolute Gasteiger partial charge is 0.242 e. The molecule has 0 bridgehead atoms. The van der Waals surface area contributed by atoms with Gasteiger partial charge >= 0.3 is 0 Å². The van der Waals surface area contributed by atoms with Gasteiger partial charge in [-0.3, -0.25) is 9.59 Å². The third-order valence-electron chi connectivity index (χ3n) is 5.18. The molecule has 0 aromatic heterocycles. The molecule has 2 aromatic carbocycles. The first-order valence-corrected chi connectivity index (χ1v) is 12.9. The number of nitrogens with one attached hydrogen (secondary N) is 1.